The van der Waals surface area contributed by atoms with Crippen LogP contribution in [0.2, 0.25) is 0 Å². The number of amidine groups is 1. The van der Waals surface area contributed by atoms with Crippen molar-refractivity contribution in [3.63, 3.8) is 0 Å². The molecule has 2 rings (SSSR count). The third-order valence-electron chi connectivity index (χ3n) is 2.50. The predicted octanol–water partition coefficient (Wildman–Crippen LogP) is 0.993. The fourth-order valence-corrected chi connectivity index (χ4v) is 1.66. The van der Waals surface area contributed by atoms with Gasteiger partial charge in [0.05, 0.1) is 18.1 Å². The molecule has 0 saturated carbocycles. The van der Waals surface area contributed by atoms with Gasteiger partial charge in [-0.2, -0.15) is 5.10 Å². The van der Waals surface area contributed by atoms with Crippen LogP contribution in [0.1, 0.15) is 18.5 Å². The first-order valence-corrected chi connectivity index (χ1v) is 4.56. The van der Waals surface area contributed by atoms with Gasteiger partial charge in [0, 0.05) is 26.2 Å². The number of rotatable bonds is 2. The largest absolute Gasteiger partial charge is 0.355 e. The summed E-state index contributed by atoms with van der Waals surface area (Å²) in [5.74, 6) is 0.765. The molecule has 13 heavy (non-hydrogen) atoms. The van der Waals surface area contributed by atoms with Crippen molar-refractivity contribution in [3.8, 4) is 0 Å². The van der Waals surface area contributed by atoms with E-state index in [1.165, 1.54) is 5.69 Å². The minimum atomic E-state index is 0.765. The zero-order valence-corrected chi connectivity index (χ0v) is 7.82. The molecule has 0 radical (unpaired) electrons. The molecule has 1 aromatic heterocycles. The number of hydrogen-bond donors (Lipinski definition) is 1. The Labute approximate surface area is 77.7 Å². The lowest BCUT2D eigenvalue weighted by Gasteiger charge is -2.17. The highest BCUT2D eigenvalue weighted by Gasteiger charge is 2.17. The van der Waals surface area contributed by atoms with Crippen LogP contribution in [0.4, 0.5) is 0 Å². The Morgan fingerprint density at radius 3 is 3.00 bits per heavy atom. The van der Waals surface area contributed by atoms with E-state index in [-0.39, 0.29) is 0 Å². The molecule has 0 bridgehead atoms. The molecular formula is C9H14N4. The molecule has 1 aliphatic rings. The van der Waals surface area contributed by atoms with Crippen LogP contribution in [0.25, 0.3) is 0 Å². The third-order valence-corrected chi connectivity index (χ3v) is 2.50. The monoisotopic (exact) mass is 178 g/mol. The van der Waals surface area contributed by atoms with E-state index in [0.29, 0.717) is 0 Å². The normalized spacial score (nSPS) is 17.0. The molecule has 4 heteroatoms. The summed E-state index contributed by atoms with van der Waals surface area (Å²) in [5.41, 5.74) is 1.17. The van der Waals surface area contributed by atoms with Gasteiger partial charge < -0.3 is 4.90 Å². The van der Waals surface area contributed by atoms with Crippen LogP contribution >= 0.6 is 0 Å². The smallest absolute Gasteiger partial charge is 0.0961 e. The quantitative estimate of drug-likeness (QED) is 0.734. The van der Waals surface area contributed by atoms with Crippen LogP contribution in [0.3, 0.4) is 0 Å². The fraction of sp³-hybridized carbons (Fsp3) is 0.556. The van der Waals surface area contributed by atoms with Gasteiger partial charge in [-0.3, -0.25) is 10.1 Å². The third kappa shape index (κ3) is 1.56. The first-order chi connectivity index (χ1) is 6.27. The van der Waals surface area contributed by atoms with Gasteiger partial charge in [0.25, 0.3) is 0 Å². The maximum atomic E-state index is 7.68. The number of hydrogen-bond acceptors (Lipinski definition) is 2. The van der Waals surface area contributed by atoms with E-state index >= 15 is 0 Å². The lowest BCUT2D eigenvalue weighted by molar-refractivity contribution is 0.428. The molecule has 1 aromatic rings. The Bertz CT molecular complexity index is 315. The van der Waals surface area contributed by atoms with Gasteiger partial charge in [-0.1, -0.05) is 0 Å². The summed E-state index contributed by atoms with van der Waals surface area (Å²) in [6.07, 6.45) is 3.85. The van der Waals surface area contributed by atoms with Crippen molar-refractivity contribution in [2.24, 2.45) is 7.05 Å². The molecule has 0 atom stereocenters. The van der Waals surface area contributed by atoms with Crippen molar-refractivity contribution >= 4 is 5.84 Å². The van der Waals surface area contributed by atoms with Crippen molar-refractivity contribution in [2.75, 3.05) is 6.54 Å². The number of nitrogens with zero attached hydrogens (tertiary/aromatic N) is 3. The molecular weight excluding hydrogens is 164 g/mol. The summed E-state index contributed by atoms with van der Waals surface area (Å²) < 4.78 is 1.87. The molecule has 0 aromatic carbocycles. The Morgan fingerprint density at radius 1 is 1.62 bits per heavy atom. The van der Waals surface area contributed by atoms with Gasteiger partial charge in [0.2, 0.25) is 0 Å². The second-order valence-corrected chi connectivity index (χ2v) is 3.42. The van der Waals surface area contributed by atoms with Crippen LogP contribution in [0.5, 0.6) is 0 Å². The van der Waals surface area contributed by atoms with Crippen LogP contribution < -0.4 is 0 Å². The van der Waals surface area contributed by atoms with E-state index in [4.69, 9.17) is 5.41 Å². The number of nitrogens with one attached hydrogen (secondary N) is 1. The van der Waals surface area contributed by atoms with E-state index in [0.717, 1.165) is 31.8 Å². The van der Waals surface area contributed by atoms with Gasteiger partial charge in [-0.15, -0.1) is 0 Å². The highest BCUT2D eigenvalue weighted by Crippen LogP contribution is 2.13. The van der Waals surface area contributed by atoms with Crippen LogP contribution in [0.15, 0.2) is 12.3 Å². The average Bonchev–Trinajstić information content (AvgIpc) is 2.65. The minimum absolute atomic E-state index is 0.765. The van der Waals surface area contributed by atoms with Crippen molar-refractivity contribution < 1.29 is 0 Å². The molecule has 0 spiro atoms. The SMILES string of the molecule is Cn1nccc1CN1CCCC1=N. The summed E-state index contributed by atoms with van der Waals surface area (Å²) in [4.78, 5) is 2.11. The summed E-state index contributed by atoms with van der Waals surface area (Å²) in [6.45, 7) is 1.85. The highest BCUT2D eigenvalue weighted by molar-refractivity contribution is 5.80. The molecule has 70 valence electrons. The summed E-state index contributed by atoms with van der Waals surface area (Å²) >= 11 is 0. The fourth-order valence-electron chi connectivity index (χ4n) is 1.66. The number of aryl methyl sites for hydroxylation is 1. The van der Waals surface area contributed by atoms with E-state index in [2.05, 4.69) is 10.00 Å². The average molecular weight is 178 g/mol. The maximum absolute atomic E-state index is 7.68. The predicted molar refractivity (Wildman–Crippen MR) is 50.6 cm³/mol. The standard InChI is InChI=1S/C9H14N4/c1-12-8(4-5-11-12)7-13-6-2-3-9(13)10/h4-5,10H,2-3,6-7H2,1H3. The Balaban J connectivity index is 2.06. The van der Waals surface area contributed by atoms with Crippen molar-refractivity contribution in [3.05, 3.63) is 18.0 Å². The van der Waals surface area contributed by atoms with Gasteiger partial charge in [0.15, 0.2) is 0 Å². The molecule has 2 heterocycles. The second kappa shape index (κ2) is 3.20. The van der Waals surface area contributed by atoms with E-state index in [9.17, 15) is 0 Å². The zero-order valence-electron chi connectivity index (χ0n) is 7.82. The topological polar surface area (TPSA) is 44.9 Å². The van der Waals surface area contributed by atoms with Crippen LogP contribution in [-0.2, 0) is 13.6 Å². The van der Waals surface area contributed by atoms with Crippen molar-refractivity contribution in [1.82, 2.24) is 14.7 Å². The van der Waals surface area contributed by atoms with Gasteiger partial charge in [-0.05, 0) is 12.5 Å². The summed E-state index contributed by atoms with van der Waals surface area (Å²) in [7, 11) is 1.94. The lowest BCUT2D eigenvalue weighted by Crippen LogP contribution is -2.24. The number of likely N-dealkylation sites (tertiary alicyclic amines) is 1. The lowest BCUT2D eigenvalue weighted by atomic mass is 10.4. The zero-order chi connectivity index (χ0) is 9.26. The van der Waals surface area contributed by atoms with Gasteiger partial charge in [0.1, 0.15) is 0 Å². The van der Waals surface area contributed by atoms with Crippen LogP contribution in [0, 0.1) is 5.41 Å². The van der Waals surface area contributed by atoms with E-state index in [1.807, 2.05) is 17.8 Å². The maximum Gasteiger partial charge on any atom is 0.0961 e. The Morgan fingerprint density at radius 2 is 2.46 bits per heavy atom. The number of aromatic nitrogens is 2. The Kier molecular flexibility index (Phi) is 2.04. The molecule has 0 aliphatic carbocycles. The van der Waals surface area contributed by atoms with Crippen molar-refractivity contribution in [1.29, 1.82) is 5.41 Å². The summed E-state index contributed by atoms with van der Waals surface area (Å²) in [6, 6.07) is 2.01. The van der Waals surface area contributed by atoms with E-state index < -0.39 is 0 Å². The molecule has 4 nitrogen and oxygen atoms in total. The first kappa shape index (κ1) is 8.29. The van der Waals surface area contributed by atoms with Crippen molar-refractivity contribution in [2.45, 2.75) is 19.4 Å². The Hall–Kier alpha value is -1.32. The highest BCUT2D eigenvalue weighted by atomic mass is 15.3. The molecule has 1 N–H and O–H groups in total. The van der Waals surface area contributed by atoms with E-state index in [1.54, 1.807) is 6.20 Å². The minimum Gasteiger partial charge on any atom is -0.355 e. The molecule has 1 saturated heterocycles. The molecule has 0 unspecified atom stereocenters. The molecule has 0 amide bonds. The van der Waals surface area contributed by atoms with Gasteiger partial charge in [-0.25, -0.2) is 0 Å². The molecule has 1 fully saturated rings. The molecule has 1 aliphatic heterocycles. The summed E-state index contributed by atoms with van der Waals surface area (Å²) in [5, 5.41) is 11.8. The second-order valence-electron chi connectivity index (χ2n) is 3.42. The first-order valence-electron chi connectivity index (χ1n) is 4.56. The van der Waals surface area contributed by atoms with Gasteiger partial charge >= 0.3 is 0 Å². The van der Waals surface area contributed by atoms with Crippen LogP contribution in [-0.4, -0.2) is 27.1 Å².